The minimum atomic E-state index is -0.199. The second-order valence-corrected chi connectivity index (χ2v) is 7.69. The van der Waals surface area contributed by atoms with Crippen molar-refractivity contribution in [2.75, 3.05) is 12.4 Å². The SMILES string of the molecule is COc1ccc(-c2nc3cc(NC(=O)c4ccccc4Br)ccc3o2)cc1Br. The Kier molecular flexibility index (Phi) is 5.19. The predicted octanol–water partition coefficient (Wildman–Crippen LogP) is 6.28. The summed E-state index contributed by atoms with van der Waals surface area (Å²) in [7, 11) is 1.61. The van der Waals surface area contributed by atoms with E-state index in [1.807, 2.05) is 36.4 Å². The highest BCUT2D eigenvalue weighted by molar-refractivity contribution is 9.10. The zero-order valence-electron chi connectivity index (χ0n) is 14.7. The van der Waals surface area contributed by atoms with Gasteiger partial charge in [-0.15, -0.1) is 0 Å². The van der Waals surface area contributed by atoms with E-state index < -0.39 is 0 Å². The normalized spacial score (nSPS) is 10.8. The first-order valence-corrected chi connectivity index (χ1v) is 9.94. The summed E-state index contributed by atoms with van der Waals surface area (Å²) in [6.07, 6.45) is 0. The van der Waals surface area contributed by atoms with E-state index in [1.165, 1.54) is 0 Å². The number of anilines is 1. The van der Waals surface area contributed by atoms with Crippen molar-refractivity contribution in [3.05, 3.63) is 75.2 Å². The molecule has 0 aliphatic rings. The van der Waals surface area contributed by atoms with Gasteiger partial charge in [-0.25, -0.2) is 4.98 Å². The highest BCUT2D eigenvalue weighted by Crippen LogP contribution is 2.32. The molecule has 7 heteroatoms. The summed E-state index contributed by atoms with van der Waals surface area (Å²) in [5.74, 6) is 1.03. The van der Waals surface area contributed by atoms with Gasteiger partial charge >= 0.3 is 0 Å². The van der Waals surface area contributed by atoms with E-state index in [0.29, 0.717) is 28.2 Å². The Balaban J connectivity index is 1.62. The number of carbonyl (C=O) groups is 1. The predicted molar refractivity (Wildman–Crippen MR) is 116 cm³/mol. The standard InChI is InChI=1S/C21H14Br2N2O3/c1-27-18-8-6-12(10-16(18)23)21-25-17-11-13(7-9-19(17)28-21)24-20(26)14-4-2-3-5-15(14)22/h2-11H,1H3,(H,24,26). The summed E-state index contributed by atoms with van der Waals surface area (Å²) >= 11 is 6.86. The number of rotatable bonds is 4. The Hall–Kier alpha value is -2.64. The van der Waals surface area contributed by atoms with Gasteiger partial charge in [-0.05, 0) is 80.4 Å². The van der Waals surface area contributed by atoms with E-state index >= 15 is 0 Å². The van der Waals surface area contributed by atoms with Crippen LogP contribution in [-0.4, -0.2) is 18.0 Å². The first-order valence-electron chi connectivity index (χ1n) is 8.35. The maximum atomic E-state index is 12.5. The van der Waals surface area contributed by atoms with Crippen LogP contribution in [0.5, 0.6) is 5.75 Å². The summed E-state index contributed by atoms with van der Waals surface area (Å²) in [5, 5.41) is 2.89. The third-order valence-corrected chi connectivity index (χ3v) is 5.47. The minimum absolute atomic E-state index is 0.199. The molecule has 1 amide bonds. The Labute approximate surface area is 178 Å². The fraction of sp³-hybridized carbons (Fsp3) is 0.0476. The molecule has 0 atom stereocenters. The first-order chi connectivity index (χ1) is 13.5. The molecule has 140 valence electrons. The van der Waals surface area contributed by atoms with Gasteiger partial charge in [0.15, 0.2) is 5.58 Å². The quantitative estimate of drug-likeness (QED) is 0.357. The second kappa shape index (κ2) is 7.77. The number of oxazole rings is 1. The van der Waals surface area contributed by atoms with Gasteiger partial charge in [-0.3, -0.25) is 4.79 Å². The lowest BCUT2D eigenvalue weighted by atomic mass is 10.2. The smallest absolute Gasteiger partial charge is 0.256 e. The van der Waals surface area contributed by atoms with E-state index in [4.69, 9.17) is 9.15 Å². The molecule has 0 fully saturated rings. The van der Waals surface area contributed by atoms with Gasteiger partial charge in [0.05, 0.1) is 17.1 Å². The Morgan fingerprint density at radius 3 is 2.61 bits per heavy atom. The van der Waals surface area contributed by atoms with Gasteiger partial charge < -0.3 is 14.5 Å². The fourth-order valence-corrected chi connectivity index (χ4v) is 3.78. The number of amides is 1. The average molecular weight is 502 g/mol. The third kappa shape index (κ3) is 3.68. The van der Waals surface area contributed by atoms with Crippen LogP contribution < -0.4 is 10.1 Å². The van der Waals surface area contributed by atoms with E-state index in [0.717, 1.165) is 20.3 Å². The summed E-state index contributed by atoms with van der Waals surface area (Å²) < 4.78 is 12.7. The molecular formula is C21H14Br2N2O3. The van der Waals surface area contributed by atoms with Gasteiger partial charge in [0, 0.05) is 15.7 Å². The zero-order valence-corrected chi connectivity index (χ0v) is 17.9. The lowest BCUT2D eigenvalue weighted by molar-refractivity contribution is 0.102. The largest absolute Gasteiger partial charge is 0.496 e. The lowest BCUT2D eigenvalue weighted by Crippen LogP contribution is -2.12. The molecule has 0 aliphatic carbocycles. The maximum Gasteiger partial charge on any atom is 0.256 e. The number of aromatic nitrogens is 1. The van der Waals surface area contributed by atoms with Crippen LogP contribution in [0.25, 0.3) is 22.6 Å². The van der Waals surface area contributed by atoms with Crippen molar-refractivity contribution in [1.29, 1.82) is 0 Å². The fourth-order valence-electron chi connectivity index (χ4n) is 2.77. The van der Waals surface area contributed by atoms with Crippen LogP contribution >= 0.6 is 31.9 Å². The second-order valence-electron chi connectivity index (χ2n) is 5.98. The third-order valence-electron chi connectivity index (χ3n) is 4.16. The van der Waals surface area contributed by atoms with Crippen molar-refractivity contribution in [2.45, 2.75) is 0 Å². The van der Waals surface area contributed by atoms with Crippen LogP contribution in [0, 0.1) is 0 Å². The molecule has 0 bridgehead atoms. The minimum Gasteiger partial charge on any atom is -0.496 e. The van der Waals surface area contributed by atoms with Crippen LogP contribution in [0.3, 0.4) is 0 Å². The molecule has 3 aromatic carbocycles. The number of benzene rings is 3. The van der Waals surface area contributed by atoms with E-state index in [9.17, 15) is 4.79 Å². The molecule has 5 nitrogen and oxygen atoms in total. The number of hydrogen-bond donors (Lipinski definition) is 1. The lowest BCUT2D eigenvalue weighted by Gasteiger charge is -2.06. The van der Waals surface area contributed by atoms with E-state index in [-0.39, 0.29) is 5.91 Å². The maximum absolute atomic E-state index is 12.5. The molecule has 0 saturated carbocycles. The van der Waals surface area contributed by atoms with E-state index in [2.05, 4.69) is 42.2 Å². The molecule has 0 radical (unpaired) electrons. The van der Waals surface area contributed by atoms with Crippen LogP contribution in [0.2, 0.25) is 0 Å². The summed E-state index contributed by atoms with van der Waals surface area (Å²) in [4.78, 5) is 17.0. The summed E-state index contributed by atoms with van der Waals surface area (Å²) in [6, 6.07) is 18.2. The number of hydrogen-bond acceptors (Lipinski definition) is 4. The van der Waals surface area contributed by atoms with Gasteiger partial charge in [-0.1, -0.05) is 12.1 Å². The number of fused-ring (bicyclic) bond motifs is 1. The molecule has 0 spiro atoms. The molecule has 1 N–H and O–H groups in total. The van der Waals surface area contributed by atoms with Crippen molar-refractivity contribution < 1.29 is 13.9 Å². The molecule has 0 saturated heterocycles. The van der Waals surface area contributed by atoms with Crippen LogP contribution in [0.4, 0.5) is 5.69 Å². The number of methoxy groups -OCH3 is 1. The number of halogens is 2. The summed E-state index contributed by atoms with van der Waals surface area (Å²) in [5.41, 5.74) is 3.32. The summed E-state index contributed by atoms with van der Waals surface area (Å²) in [6.45, 7) is 0. The highest BCUT2D eigenvalue weighted by atomic mass is 79.9. The Bertz CT molecular complexity index is 1190. The van der Waals surface area contributed by atoms with Crippen molar-refractivity contribution in [2.24, 2.45) is 0 Å². The number of ether oxygens (including phenoxy) is 1. The number of nitrogens with one attached hydrogen (secondary N) is 1. The van der Waals surface area contributed by atoms with Crippen molar-refractivity contribution >= 4 is 54.6 Å². The molecule has 1 aromatic heterocycles. The number of nitrogens with zero attached hydrogens (tertiary/aromatic N) is 1. The van der Waals surface area contributed by atoms with Gasteiger partial charge in [-0.2, -0.15) is 0 Å². The molecule has 28 heavy (non-hydrogen) atoms. The van der Waals surface area contributed by atoms with Crippen molar-refractivity contribution in [3.63, 3.8) is 0 Å². The monoisotopic (exact) mass is 500 g/mol. The molecule has 1 heterocycles. The molecule has 0 aliphatic heterocycles. The van der Waals surface area contributed by atoms with Crippen LogP contribution in [0.15, 0.2) is 74.0 Å². The molecule has 4 rings (SSSR count). The van der Waals surface area contributed by atoms with Crippen molar-refractivity contribution in [1.82, 2.24) is 4.98 Å². The molecule has 4 aromatic rings. The van der Waals surface area contributed by atoms with Crippen LogP contribution in [0.1, 0.15) is 10.4 Å². The Morgan fingerprint density at radius 1 is 1.04 bits per heavy atom. The van der Waals surface area contributed by atoms with Crippen molar-refractivity contribution in [3.8, 4) is 17.2 Å². The highest BCUT2D eigenvalue weighted by Gasteiger charge is 2.13. The first kappa shape index (κ1) is 18.7. The van der Waals surface area contributed by atoms with Gasteiger partial charge in [0.1, 0.15) is 11.3 Å². The van der Waals surface area contributed by atoms with Gasteiger partial charge in [0.2, 0.25) is 5.89 Å². The topological polar surface area (TPSA) is 64.4 Å². The Morgan fingerprint density at radius 2 is 1.86 bits per heavy atom. The molecule has 0 unspecified atom stereocenters. The van der Waals surface area contributed by atoms with Gasteiger partial charge in [0.25, 0.3) is 5.91 Å². The molecular weight excluding hydrogens is 488 g/mol. The van der Waals surface area contributed by atoms with E-state index in [1.54, 1.807) is 31.4 Å². The number of carbonyl (C=O) groups excluding carboxylic acids is 1. The zero-order chi connectivity index (χ0) is 19.7. The average Bonchev–Trinajstić information content (AvgIpc) is 3.11. The van der Waals surface area contributed by atoms with Crippen LogP contribution in [-0.2, 0) is 0 Å².